The van der Waals surface area contributed by atoms with Crippen LogP contribution in [0.4, 0.5) is 10.5 Å². The van der Waals surface area contributed by atoms with E-state index < -0.39 is 11.9 Å². The van der Waals surface area contributed by atoms with Gasteiger partial charge in [0.2, 0.25) is 0 Å². The highest BCUT2D eigenvalue weighted by molar-refractivity contribution is 6.30. The Morgan fingerprint density at radius 2 is 1.71 bits per heavy atom. The maximum absolute atomic E-state index is 13.0. The molecule has 2 aliphatic rings. The lowest BCUT2D eigenvalue weighted by molar-refractivity contribution is -0.134. The molecule has 9 heteroatoms. The summed E-state index contributed by atoms with van der Waals surface area (Å²) in [6.45, 7) is 3.19. The lowest BCUT2D eigenvalue weighted by Crippen LogP contribution is -2.65. The molecule has 3 N–H and O–H groups in total. The van der Waals surface area contributed by atoms with E-state index in [2.05, 4.69) is 46.6 Å². The number of amides is 2. The van der Waals surface area contributed by atoms with Gasteiger partial charge < -0.3 is 10.2 Å². The fraction of sp³-hybridized carbons (Fsp3) is 0.240. The van der Waals surface area contributed by atoms with Crippen molar-refractivity contribution in [3.63, 3.8) is 0 Å². The van der Waals surface area contributed by atoms with Gasteiger partial charge in [-0.05, 0) is 30.2 Å². The number of urea groups is 1. The SMILES string of the molecule is O=C(O)/C=C\C(=O)O.O=C1NCC[N+]1(c1ccc(Cl)cc1)C1C=CCCN1Cc1ccccc1. The second kappa shape index (κ2) is 11.6. The minimum atomic E-state index is -1.26. The number of carboxylic acid groups (broad SMARTS) is 2. The zero-order valence-electron chi connectivity index (χ0n) is 18.5. The highest BCUT2D eigenvalue weighted by atomic mass is 35.5. The number of carbonyl (C=O) groups is 3. The van der Waals surface area contributed by atoms with E-state index in [9.17, 15) is 14.4 Å². The van der Waals surface area contributed by atoms with Crippen molar-refractivity contribution < 1.29 is 24.6 Å². The minimum absolute atomic E-state index is 0.0207. The number of carbonyl (C=O) groups excluding carboxylic acids is 1. The van der Waals surface area contributed by atoms with Crippen LogP contribution in [0.5, 0.6) is 0 Å². The van der Waals surface area contributed by atoms with Gasteiger partial charge in [0.1, 0.15) is 12.2 Å². The average Bonchev–Trinajstić information content (AvgIpc) is 3.21. The van der Waals surface area contributed by atoms with Gasteiger partial charge in [0.15, 0.2) is 6.17 Å². The fourth-order valence-corrected chi connectivity index (χ4v) is 4.34. The zero-order chi connectivity index (χ0) is 24.6. The van der Waals surface area contributed by atoms with Gasteiger partial charge in [0.25, 0.3) is 0 Å². The molecule has 0 aliphatic carbocycles. The standard InChI is InChI=1S/C21H22ClN3O.C4H4O4/c22-18-9-11-19(12-10-18)25(15-13-23-21(25)26)20-8-4-5-14-24(20)16-17-6-2-1-3-7-17;5-3(6)1-2-4(7)8/h1-4,6-12,20H,5,13-16H2;1-2H,(H,5,6)(H,7,8)/p+1/b;2-1-. The third kappa shape index (κ3) is 6.11. The number of hydrogen-bond donors (Lipinski definition) is 3. The molecule has 2 aromatic carbocycles. The van der Waals surface area contributed by atoms with Crippen molar-refractivity contribution in [1.82, 2.24) is 14.7 Å². The van der Waals surface area contributed by atoms with E-state index in [1.165, 1.54) is 5.56 Å². The van der Waals surface area contributed by atoms with Crippen molar-refractivity contribution >= 4 is 35.3 Å². The normalized spacial score (nSPS) is 22.1. The summed E-state index contributed by atoms with van der Waals surface area (Å²) in [5.41, 5.74) is 2.25. The number of rotatable bonds is 6. The molecule has 8 nitrogen and oxygen atoms in total. The molecular weight excluding hydrogens is 458 g/mol. The largest absolute Gasteiger partial charge is 0.478 e. The van der Waals surface area contributed by atoms with Gasteiger partial charge >= 0.3 is 18.0 Å². The van der Waals surface area contributed by atoms with E-state index in [4.69, 9.17) is 21.8 Å². The minimum Gasteiger partial charge on any atom is -0.478 e. The van der Waals surface area contributed by atoms with Crippen LogP contribution in [-0.2, 0) is 16.1 Å². The average molecular weight is 485 g/mol. The predicted molar refractivity (Wildman–Crippen MR) is 130 cm³/mol. The van der Waals surface area contributed by atoms with Gasteiger partial charge in [-0.3, -0.25) is 5.32 Å². The van der Waals surface area contributed by atoms with Crippen molar-refractivity contribution in [2.75, 3.05) is 19.6 Å². The zero-order valence-corrected chi connectivity index (χ0v) is 19.3. The van der Waals surface area contributed by atoms with Crippen LogP contribution in [-0.4, -0.2) is 58.9 Å². The molecule has 0 aromatic heterocycles. The molecule has 1 fully saturated rings. The number of benzene rings is 2. The summed E-state index contributed by atoms with van der Waals surface area (Å²) >= 11 is 6.09. The molecule has 2 unspecified atom stereocenters. The summed E-state index contributed by atoms with van der Waals surface area (Å²) in [6.07, 6.45) is 6.50. The van der Waals surface area contributed by atoms with Crippen LogP contribution in [0.2, 0.25) is 5.02 Å². The van der Waals surface area contributed by atoms with Crippen molar-refractivity contribution in [3.05, 3.63) is 89.5 Å². The third-order valence-corrected chi connectivity index (χ3v) is 5.96. The van der Waals surface area contributed by atoms with Crippen molar-refractivity contribution in [2.45, 2.75) is 19.1 Å². The van der Waals surface area contributed by atoms with Crippen LogP contribution < -0.4 is 9.80 Å². The molecule has 1 saturated heterocycles. The first-order valence-electron chi connectivity index (χ1n) is 10.8. The van der Waals surface area contributed by atoms with E-state index in [1.54, 1.807) is 0 Å². The van der Waals surface area contributed by atoms with Crippen LogP contribution in [0.25, 0.3) is 0 Å². The topological polar surface area (TPSA) is 107 Å². The van der Waals surface area contributed by atoms with Gasteiger partial charge in [-0.15, -0.1) is 0 Å². The highest BCUT2D eigenvalue weighted by Crippen LogP contribution is 2.34. The number of quaternary nitrogens is 1. The van der Waals surface area contributed by atoms with Gasteiger partial charge in [-0.25, -0.2) is 19.3 Å². The Kier molecular flexibility index (Phi) is 8.59. The fourth-order valence-electron chi connectivity index (χ4n) is 4.21. The van der Waals surface area contributed by atoms with Crippen LogP contribution in [0.3, 0.4) is 0 Å². The predicted octanol–water partition coefficient (Wildman–Crippen LogP) is 3.87. The first kappa shape index (κ1) is 25.2. The summed E-state index contributed by atoms with van der Waals surface area (Å²) < 4.78 is 0.278. The maximum atomic E-state index is 13.0. The molecule has 0 radical (unpaired) electrons. The highest BCUT2D eigenvalue weighted by Gasteiger charge is 2.51. The van der Waals surface area contributed by atoms with E-state index in [1.807, 2.05) is 30.3 Å². The number of hydrogen-bond acceptors (Lipinski definition) is 4. The summed E-state index contributed by atoms with van der Waals surface area (Å²) in [7, 11) is 0. The monoisotopic (exact) mass is 484 g/mol. The molecule has 2 aromatic rings. The second-order valence-corrected chi connectivity index (χ2v) is 8.33. The molecule has 0 spiro atoms. The Hall–Kier alpha value is -3.46. The smallest absolute Gasteiger partial charge is 0.423 e. The van der Waals surface area contributed by atoms with Crippen molar-refractivity contribution in [3.8, 4) is 0 Å². The van der Waals surface area contributed by atoms with Crippen molar-refractivity contribution in [1.29, 1.82) is 0 Å². The summed E-state index contributed by atoms with van der Waals surface area (Å²) in [4.78, 5) is 34.6. The molecule has 0 bridgehead atoms. The number of nitrogens with zero attached hydrogens (tertiary/aromatic N) is 2. The Labute approximate surface area is 203 Å². The van der Waals surface area contributed by atoms with E-state index in [0.29, 0.717) is 23.7 Å². The number of carboxylic acids is 2. The molecular formula is C25H27ClN3O5+. The first-order chi connectivity index (χ1) is 16.3. The lowest BCUT2D eigenvalue weighted by atomic mass is 10.1. The maximum Gasteiger partial charge on any atom is 0.423 e. The van der Waals surface area contributed by atoms with Crippen LogP contribution in [0.15, 0.2) is 78.9 Å². The van der Waals surface area contributed by atoms with Gasteiger partial charge in [0, 0.05) is 42.4 Å². The third-order valence-electron chi connectivity index (χ3n) is 5.70. The first-order valence-corrected chi connectivity index (χ1v) is 11.2. The van der Waals surface area contributed by atoms with Crippen molar-refractivity contribution in [2.24, 2.45) is 0 Å². The van der Waals surface area contributed by atoms with Crippen LogP contribution in [0, 0.1) is 0 Å². The van der Waals surface area contributed by atoms with E-state index in [0.717, 1.165) is 31.7 Å². The molecule has 0 saturated carbocycles. The molecule has 4 rings (SSSR count). The van der Waals surface area contributed by atoms with Gasteiger partial charge in [0.05, 0.1) is 6.54 Å². The van der Waals surface area contributed by atoms with E-state index >= 15 is 0 Å². The Balaban J connectivity index is 0.000000350. The lowest BCUT2D eigenvalue weighted by Gasteiger charge is -2.43. The molecule has 2 heterocycles. The number of nitrogens with one attached hydrogen (secondary N) is 1. The van der Waals surface area contributed by atoms with Gasteiger partial charge in [-0.1, -0.05) is 48.0 Å². The van der Waals surface area contributed by atoms with Crippen LogP contribution >= 0.6 is 11.6 Å². The molecule has 2 aliphatic heterocycles. The summed E-state index contributed by atoms with van der Waals surface area (Å²) in [5, 5.41) is 19.4. The second-order valence-electron chi connectivity index (χ2n) is 7.90. The quantitative estimate of drug-likeness (QED) is 0.326. The van der Waals surface area contributed by atoms with E-state index in [-0.39, 0.29) is 16.7 Å². The summed E-state index contributed by atoms with van der Waals surface area (Å²) in [6, 6.07) is 18.2. The molecule has 178 valence electrons. The molecule has 2 atom stereocenters. The van der Waals surface area contributed by atoms with Gasteiger partial charge in [-0.2, -0.15) is 4.48 Å². The molecule has 34 heavy (non-hydrogen) atoms. The molecule has 2 amide bonds. The Bertz CT molecular complexity index is 1060. The number of aliphatic carboxylic acids is 2. The summed E-state index contributed by atoms with van der Waals surface area (Å²) in [5.74, 6) is -2.51. The number of halogens is 1. The Morgan fingerprint density at radius 1 is 1.06 bits per heavy atom. The Morgan fingerprint density at radius 3 is 2.26 bits per heavy atom. The van der Waals surface area contributed by atoms with Crippen LogP contribution in [0.1, 0.15) is 12.0 Å².